The van der Waals surface area contributed by atoms with Crippen molar-refractivity contribution in [2.75, 3.05) is 25.7 Å². The number of halogens is 1. The van der Waals surface area contributed by atoms with Gasteiger partial charge in [-0.15, -0.1) is 0 Å². The second kappa shape index (κ2) is 6.76. The van der Waals surface area contributed by atoms with Gasteiger partial charge in [-0.3, -0.25) is 9.00 Å². The lowest BCUT2D eigenvalue weighted by atomic mass is 10.2. The van der Waals surface area contributed by atoms with Crippen LogP contribution in [0, 0.1) is 0 Å². The Kier molecular flexibility index (Phi) is 5.64. The standard InChI is InChI=1S/C11H14BrNO3S/c1-16-8-3-4-10(12)9(7-8)11(14)13-5-6-17(2)15/h3-4,7H,5-6H2,1-2H3,(H,13,14). The summed E-state index contributed by atoms with van der Waals surface area (Å²) in [7, 11) is 0.646. The van der Waals surface area contributed by atoms with E-state index < -0.39 is 10.8 Å². The van der Waals surface area contributed by atoms with Crippen LogP contribution in [0.3, 0.4) is 0 Å². The minimum atomic E-state index is -0.901. The SMILES string of the molecule is COc1ccc(Br)c(C(=O)NCCS(C)=O)c1. The summed E-state index contributed by atoms with van der Waals surface area (Å²) in [5, 5.41) is 2.70. The third-order valence-corrected chi connectivity index (χ3v) is 3.56. The Labute approximate surface area is 111 Å². The number of carbonyl (C=O) groups is 1. The predicted octanol–water partition coefficient (Wildman–Crippen LogP) is 1.57. The zero-order chi connectivity index (χ0) is 12.8. The summed E-state index contributed by atoms with van der Waals surface area (Å²) in [5.74, 6) is 0.867. The maximum Gasteiger partial charge on any atom is 0.252 e. The molecule has 1 amide bonds. The van der Waals surface area contributed by atoms with E-state index >= 15 is 0 Å². The Balaban J connectivity index is 2.70. The molecule has 0 saturated heterocycles. The van der Waals surface area contributed by atoms with Gasteiger partial charge in [0.15, 0.2) is 0 Å². The molecule has 1 unspecified atom stereocenters. The number of nitrogens with one attached hydrogen (secondary N) is 1. The number of ether oxygens (including phenoxy) is 1. The molecule has 1 aromatic carbocycles. The summed E-state index contributed by atoms with van der Waals surface area (Å²) in [4.78, 5) is 11.8. The predicted molar refractivity (Wildman–Crippen MR) is 72.0 cm³/mol. The lowest BCUT2D eigenvalue weighted by molar-refractivity contribution is 0.0955. The van der Waals surface area contributed by atoms with E-state index in [1.54, 1.807) is 31.6 Å². The molecule has 94 valence electrons. The normalized spacial score (nSPS) is 11.9. The first-order valence-corrected chi connectivity index (χ1v) is 7.48. The Morgan fingerprint density at radius 2 is 2.24 bits per heavy atom. The van der Waals surface area contributed by atoms with Crippen LogP contribution in [0.4, 0.5) is 0 Å². The van der Waals surface area contributed by atoms with Crippen LogP contribution in [0.25, 0.3) is 0 Å². The molecule has 0 spiro atoms. The molecular weight excluding hydrogens is 306 g/mol. The van der Waals surface area contributed by atoms with Crippen LogP contribution in [0.5, 0.6) is 5.75 Å². The van der Waals surface area contributed by atoms with Crippen LogP contribution in [-0.4, -0.2) is 35.8 Å². The van der Waals surface area contributed by atoms with E-state index in [1.807, 2.05) is 0 Å². The lowest BCUT2D eigenvalue weighted by Gasteiger charge is -2.08. The first kappa shape index (κ1) is 14.2. The van der Waals surface area contributed by atoms with Gasteiger partial charge in [-0.1, -0.05) is 0 Å². The lowest BCUT2D eigenvalue weighted by Crippen LogP contribution is -2.27. The third kappa shape index (κ3) is 4.47. The fourth-order valence-electron chi connectivity index (χ4n) is 1.21. The van der Waals surface area contributed by atoms with Gasteiger partial charge in [0, 0.05) is 33.8 Å². The fraction of sp³-hybridized carbons (Fsp3) is 0.364. The molecule has 0 heterocycles. The van der Waals surface area contributed by atoms with Gasteiger partial charge in [0.1, 0.15) is 5.75 Å². The molecule has 0 fully saturated rings. The van der Waals surface area contributed by atoms with E-state index in [-0.39, 0.29) is 5.91 Å². The topological polar surface area (TPSA) is 55.4 Å². The van der Waals surface area contributed by atoms with Crippen molar-refractivity contribution < 1.29 is 13.7 Å². The number of hydrogen-bond acceptors (Lipinski definition) is 3. The zero-order valence-electron chi connectivity index (χ0n) is 9.66. The van der Waals surface area contributed by atoms with E-state index in [4.69, 9.17) is 4.74 Å². The number of rotatable bonds is 5. The second-order valence-electron chi connectivity index (χ2n) is 3.38. The molecule has 0 bridgehead atoms. The molecule has 6 heteroatoms. The van der Waals surface area contributed by atoms with Crippen molar-refractivity contribution in [2.24, 2.45) is 0 Å². The molecule has 0 saturated carbocycles. The average Bonchev–Trinajstić information content (AvgIpc) is 2.29. The van der Waals surface area contributed by atoms with Crippen LogP contribution in [0.2, 0.25) is 0 Å². The second-order valence-corrected chi connectivity index (χ2v) is 5.79. The number of methoxy groups -OCH3 is 1. The number of amides is 1. The molecule has 17 heavy (non-hydrogen) atoms. The highest BCUT2D eigenvalue weighted by Gasteiger charge is 2.10. The van der Waals surface area contributed by atoms with Gasteiger partial charge in [0.05, 0.1) is 12.7 Å². The van der Waals surface area contributed by atoms with Gasteiger partial charge in [0.2, 0.25) is 0 Å². The molecule has 0 aliphatic carbocycles. The van der Waals surface area contributed by atoms with Crippen molar-refractivity contribution in [3.63, 3.8) is 0 Å². The molecule has 1 aromatic rings. The highest BCUT2D eigenvalue weighted by atomic mass is 79.9. The maximum absolute atomic E-state index is 11.8. The quantitative estimate of drug-likeness (QED) is 0.896. The summed E-state index contributed by atoms with van der Waals surface area (Å²) >= 11 is 3.30. The van der Waals surface area contributed by atoms with E-state index in [1.165, 1.54) is 0 Å². The van der Waals surface area contributed by atoms with Gasteiger partial charge >= 0.3 is 0 Å². The van der Waals surface area contributed by atoms with Crippen molar-refractivity contribution in [2.45, 2.75) is 0 Å². The van der Waals surface area contributed by atoms with Crippen molar-refractivity contribution >= 4 is 32.6 Å². The van der Waals surface area contributed by atoms with Crippen LogP contribution in [-0.2, 0) is 10.8 Å². The van der Waals surface area contributed by atoms with Gasteiger partial charge in [0.25, 0.3) is 5.91 Å². The molecule has 1 atom stereocenters. The molecule has 0 radical (unpaired) electrons. The van der Waals surface area contributed by atoms with Crippen LogP contribution >= 0.6 is 15.9 Å². The minimum absolute atomic E-state index is 0.207. The third-order valence-electron chi connectivity index (χ3n) is 2.09. The molecule has 1 N–H and O–H groups in total. The summed E-state index contributed by atoms with van der Waals surface area (Å²) in [5.41, 5.74) is 0.506. The van der Waals surface area contributed by atoms with Crippen molar-refractivity contribution in [1.29, 1.82) is 0 Å². The molecule has 1 rings (SSSR count). The molecule has 0 aliphatic rings. The summed E-state index contributed by atoms with van der Waals surface area (Å²) in [6.07, 6.45) is 1.60. The van der Waals surface area contributed by atoms with Gasteiger partial charge in [-0.25, -0.2) is 0 Å². The Hall–Kier alpha value is -0.880. The Morgan fingerprint density at radius 3 is 2.82 bits per heavy atom. The van der Waals surface area contributed by atoms with Crippen LogP contribution in [0.15, 0.2) is 22.7 Å². The largest absolute Gasteiger partial charge is 0.497 e. The highest BCUT2D eigenvalue weighted by Crippen LogP contribution is 2.22. The fourth-order valence-corrected chi connectivity index (χ4v) is 2.03. The number of benzene rings is 1. The van der Waals surface area contributed by atoms with Gasteiger partial charge in [-0.2, -0.15) is 0 Å². The first-order valence-electron chi connectivity index (χ1n) is 4.96. The molecule has 0 aromatic heterocycles. The summed E-state index contributed by atoms with van der Waals surface area (Å²) in [6.45, 7) is 0.394. The van der Waals surface area contributed by atoms with E-state index in [9.17, 15) is 9.00 Å². The van der Waals surface area contributed by atoms with Gasteiger partial charge < -0.3 is 10.1 Å². The monoisotopic (exact) mass is 319 g/mol. The highest BCUT2D eigenvalue weighted by molar-refractivity contribution is 9.10. The Morgan fingerprint density at radius 1 is 1.53 bits per heavy atom. The van der Waals surface area contributed by atoms with Gasteiger partial charge in [-0.05, 0) is 34.1 Å². The average molecular weight is 320 g/mol. The van der Waals surface area contributed by atoms with E-state index in [2.05, 4.69) is 21.2 Å². The smallest absolute Gasteiger partial charge is 0.252 e. The zero-order valence-corrected chi connectivity index (χ0v) is 12.1. The molecule has 4 nitrogen and oxygen atoms in total. The number of hydrogen-bond donors (Lipinski definition) is 1. The van der Waals surface area contributed by atoms with Crippen LogP contribution in [0.1, 0.15) is 10.4 Å². The number of carbonyl (C=O) groups excluding carboxylic acids is 1. The molecular formula is C11H14BrNO3S. The Bertz CT molecular complexity index is 437. The summed E-state index contributed by atoms with van der Waals surface area (Å²) < 4.78 is 16.6. The van der Waals surface area contributed by atoms with Crippen molar-refractivity contribution in [3.05, 3.63) is 28.2 Å². The maximum atomic E-state index is 11.8. The van der Waals surface area contributed by atoms with E-state index in [0.29, 0.717) is 28.1 Å². The first-order chi connectivity index (χ1) is 8.04. The molecule has 0 aliphatic heterocycles. The minimum Gasteiger partial charge on any atom is -0.497 e. The van der Waals surface area contributed by atoms with Crippen LogP contribution < -0.4 is 10.1 Å². The van der Waals surface area contributed by atoms with Crippen molar-refractivity contribution in [3.8, 4) is 5.75 Å². The summed E-state index contributed by atoms with van der Waals surface area (Å²) in [6, 6.07) is 5.18. The van der Waals surface area contributed by atoms with E-state index in [0.717, 1.165) is 0 Å². The van der Waals surface area contributed by atoms with Crippen molar-refractivity contribution in [1.82, 2.24) is 5.32 Å².